The second-order valence-corrected chi connectivity index (χ2v) is 9.83. The smallest absolute Gasteiger partial charge is 0.0795 e. The first-order valence-electron chi connectivity index (χ1n) is 13.4. The molecule has 4 N–H and O–H groups in total. The molecular formula is C37H28N4. The number of nitrogens with zero attached hydrogens (tertiary/aromatic N) is 1. The number of nitrogens with two attached hydrogens (primary N) is 1. The molecule has 7 rings (SSSR count). The zero-order valence-corrected chi connectivity index (χ0v) is 22.4. The Kier molecular flexibility index (Phi) is 7.04. The topological polar surface area (TPSA) is 86.6 Å². The average molecular weight is 529 g/mol. The van der Waals surface area contributed by atoms with Crippen LogP contribution >= 0.6 is 0 Å². The maximum absolute atomic E-state index is 8.12. The summed E-state index contributed by atoms with van der Waals surface area (Å²) in [5.74, 6) is 0. The molecule has 0 unspecified atom stereocenters. The van der Waals surface area contributed by atoms with E-state index in [1.165, 1.54) is 21.9 Å². The number of pyridine rings is 1. The molecule has 0 saturated heterocycles. The summed E-state index contributed by atoms with van der Waals surface area (Å²) in [7, 11) is 0. The van der Waals surface area contributed by atoms with E-state index in [1.54, 1.807) is 24.5 Å². The van der Waals surface area contributed by atoms with Gasteiger partial charge >= 0.3 is 0 Å². The minimum Gasteiger partial charge on any atom is -0.399 e. The number of nitrogens with one attached hydrogen (secondary N) is 2. The van der Waals surface area contributed by atoms with Crippen molar-refractivity contribution in [2.45, 2.75) is 0 Å². The van der Waals surface area contributed by atoms with Crippen molar-refractivity contribution in [2.75, 3.05) is 5.73 Å². The highest BCUT2D eigenvalue weighted by molar-refractivity contribution is 6.50. The fourth-order valence-electron chi connectivity index (χ4n) is 5.27. The molecule has 0 amide bonds. The van der Waals surface area contributed by atoms with Crippen molar-refractivity contribution in [2.24, 2.45) is 0 Å². The van der Waals surface area contributed by atoms with Crippen molar-refractivity contribution in [3.8, 4) is 22.3 Å². The lowest BCUT2D eigenvalue weighted by Crippen LogP contribution is -2.10. The Labute approximate surface area is 239 Å². The van der Waals surface area contributed by atoms with Crippen LogP contribution in [0.4, 0.5) is 5.69 Å². The van der Waals surface area contributed by atoms with E-state index in [0.29, 0.717) is 0 Å². The summed E-state index contributed by atoms with van der Waals surface area (Å²) in [4.78, 5) is 3.96. The monoisotopic (exact) mass is 528 g/mol. The van der Waals surface area contributed by atoms with E-state index >= 15 is 0 Å². The normalized spacial score (nSPS) is 12.6. The Morgan fingerprint density at radius 3 is 1.54 bits per heavy atom. The van der Waals surface area contributed by atoms with Gasteiger partial charge in [-0.25, -0.2) is 0 Å². The zero-order valence-electron chi connectivity index (χ0n) is 22.4. The lowest BCUT2D eigenvalue weighted by Gasteiger charge is -2.19. The van der Waals surface area contributed by atoms with Crippen LogP contribution in [-0.2, 0) is 0 Å². The lowest BCUT2D eigenvalue weighted by atomic mass is 9.84. The van der Waals surface area contributed by atoms with Gasteiger partial charge in [0, 0.05) is 18.1 Å². The molecule has 0 fully saturated rings. The second kappa shape index (κ2) is 11.2. The van der Waals surface area contributed by atoms with E-state index in [2.05, 4.69) is 77.8 Å². The van der Waals surface area contributed by atoms with Crippen molar-refractivity contribution in [1.29, 1.82) is 10.8 Å². The highest BCUT2D eigenvalue weighted by Gasteiger charge is 2.18. The molecule has 0 saturated carbocycles. The van der Waals surface area contributed by atoms with Gasteiger partial charge in [-0.1, -0.05) is 97.1 Å². The van der Waals surface area contributed by atoms with Gasteiger partial charge in [0.1, 0.15) is 0 Å². The average Bonchev–Trinajstić information content (AvgIpc) is 3.03. The molecular weight excluding hydrogens is 500 g/mol. The molecule has 0 atom stereocenters. The van der Waals surface area contributed by atoms with E-state index in [9.17, 15) is 0 Å². The molecule has 1 aliphatic rings. The summed E-state index contributed by atoms with van der Waals surface area (Å²) in [6.45, 7) is 0. The Balaban J connectivity index is 0.000000195. The van der Waals surface area contributed by atoms with Crippen molar-refractivity contribution >= 4 is 44.2 Å². The second-order valence-electron chi connectivity index (χ2n) is 9.83. The standard InChI is InChI=1S/C26H18N2.C11H10N2/c27-23-15-14-18(16-24(23)28)26-21-12-6-4-10-19(21)25(17-8-2-1-3-9-17)20-11-5-7-13-22(20)26;12-11-3-1-9(2-4-11)10-5-7-13-8-6-10/h1-16,27-28H;1-8H,12H2. The first-order valence-corrected chi connectivity index (χ1v) is 13.4. The van der Waals surface area contributed by atoms with Gasteiger partial charge in [0.25, 0.3) is 0 Å². The lowest BCUT2D eigenvalue weighted by molar-refractivity contribution is 1.33. The quantitative estimate of drug-likeness (QED) is 0.122. The molecule has 196 valence electrons. The van der Waals surface area contributed by atoms with E-state index in [4.69, 9.17) is 16.6 Å². The number of hydrogen-bond acceptors (Lipinski definition) is 4. The Morgan fingerprint density at radius 2 is 0.976 bits per heavy atom. The molecule has 0 spiro atoms. The molecule has 4 heteroatoms. The molecule has 41 heavy (non-hydrogen) atoms. The summed E-state index contributed by atoms with van der Waals surface area (Å²) in [5, 5.41) is 20.7. The van der Waals surface area contributed by atoms with Crippen LogP contribution < -0.4 is 5.73 Å². The number of allylic oxidation sites excluding steroid dienone is 4. The van der Waals surface area contributed by atoms with Crippen molar-refractivity contribution in [3.05, 3.63) is 151 Å². The minimum absolute atomic E-state index is 0.248. The molecule has 4 nitrogen and oxygen atoms in total. The SMILES string of the molecule is N=C1C=CC(c2c3ccccc3c(-c3ccccc3)c3ccccc23)=CC1=N.Nc1ccc(-c2ccncc2)cc1. The van der Waals surface area contributed by atoms with Gasteiger partial charge in [-0.15, -0.1) is 0 Å². The number of rotatable bonds is 3. The van der Waals surface area contributed by atoms with Crippen molar-refractivity contribution in [3.63, 3.8) is 0 Å². The molecule has 6 aromatic rings. The van der Waals surface area contributed by atoms with Crippen LogP contribution in [0.2, 0.25) is 0 Å². The number of nitrogen functional groups attached to an aromatic ring is 1. The predicted molar refractivity (Wildman–Crippen MR) is 174 cm³/mol. The van der Waals surface area contributed by atoms with E-state index in [0.717, 1.165) is 38.7 Å². The highest BCUT2D eigenvalue weighted by atomic mass is 14.6. The molecule has 0 radical (unpaired) electrons. The van der Waals surface area contributed by atoms with Gasteiger partial charge in [-0.3, -0.25) is 15.8 Å². The summed E-state index contributed by atoms with van der Waals surface area (Å²) in [5.41, 5.74) is 13.7. The van der Waals surface area contributed by atoms with Crippen LogP contribution in [0.15, 0.2) is 146 Å². The Morgan fingerprint density at radius 1 is 0.463 bits per heavy atom. The Bertz CT molecular complexity index is 1900. The highest BCUT2D eigenvalue weighted by Crippen LogP contribution is 2.42. The molecule has 1 heterocycles. The van der Waals surface area contributed by atoms with Crippen molar-refractivity contribution < 1.29 is 0 Å². The number of aromatic nitrogens is 1. The van der Waals surface area contributed by atoms with Crippen LogP contribution in [-0.4, -0.2) is 16.4 Å². The van der Waals surface area contributed by atoms with Crippen LogP contribution in [0.3, 0.4) is 0 Å². The third-order valence-corrected chi connectivity index (χ3v) is 7.23. The largest absolute Gasteiger partial charge is 0.399 e. The van der Waals surface area contributed by atoms with Crippen LogP contribution in [0.5, 0.6) is 0 Å². The minimum atomic E-state index is 0.248. The van der Waals surface area contributed by atoms with Gasteiger partial charge in [0.15, 0.2) is 0 Å². The summed E-state index contributed by atoms with van der Waals surface area (Å²) >= 11 is 0. The zero-order chi connectivity index (χ0) is 28.2. The number of anilines is 1. The number of benzene rings is 5. The molecule has 5 aromatic carbocycles. The molecule has 0 bridgehead atoms. The third kappa shape index (κ3) is 5.19. The van der Waals surface area contributed by atoms with Gasteiger partial charge in [0.2, 0.25) is 0 Å². The molecule has 1 aliphatic carbocycles. The fourth-order valence-corrected chi connectivity index (χ4v) is 5.27. The maximum atomic E-state index is 8.12. The molecule has 1 aromatic heterocycles. The fraction of sp³-hybridized carbons (Fsp3) is 0. The van der Waals surface area contributed by atoms with Gasteiger partial charge in [-0.2, -0.15) is 0 Å². The van der Waals surface area contributed by atoms with Crippen LogP contribution in [0, 0.1) is 10.8 Å². The van der Waals surface area contributed by atoms with Crippen molar-refractivity contribution in [1.82, 2.24) is 4.98 Å². The third-order valence-electron chi connectivity index (χ3n) is 7.23. The van der Waals surface area contributed by atoms with Gasteiger partial charge in [-0.05, 0) is 91.4 Å². The first kappa shape index (κ1) is 25.7. The van der Waals surface area contributed by atoms with E-state index in [1.807, 2.05) is 48.5 Å². The summed E-state index contributed by atoms with van der Waals surface area (Å²) < 4.78 is 0. The number of fused-ring (bicyclic) bond motifs is 2. The Hall–Kier alpha value is -5.61. The summed E-state index contributed by atoms with van der Waals surface area (Å²) in [6.07, 6.45) is 9.04. The van der Waals surface area contributed by atoms with Crippen LogP contribution in [0.1, 0.15) is 5.56 Å². The van der Waals surface area contributed by atoms with Gasteiger partial charge in [0.05, 0.1) is 11.4 Å². The first-order chi connectivity index (χ1) is 20.1. The summed E-state index contributed by atoms with van der Waals surface area (Å²) in [6, 6.07) is 39.2. The molecule has 0 aliphatic heterocycles. The van der Waals surface area contributed by atoms with E-state index < -0.39 is 0 Å². The number of hydrogen-bond donors (Lipinski definition) is 3. The van der Waals surface area contributed by atoms with E-state index in [-0.39, 0.29) is 11.4 Å². The predicted octanol–water partition coefficient (Wildman–Crippen LogP) is 8.98. The van der Waals surface area contributed by atoms with Gasteiger partial charge < -0.3 is 5.73 Å². The van der Waals surface area contributed by atoms with Crippen LogP contribution in [0.25, 0.3) is 49.4 Å². The maximum Gasteiger partial charge on any atom is 0.0795 e.